The molecule has 1 N–H and O–H groups in total. The average Bonchev–Trinajstić information content (AvgIpc) is 2.42. The van der Waals surface area contributed by atoms with Crippen molar-refractivity contribution in [1.29, 1.82) is 0 Å². The summed E-state index contributed by atoms with van der Waals surface area (Å²) < 4.78 is 23.5. The Hall–Kier alpha value is -1.89. The summed E-state index contributed by atoms with van der Waals surface area (Å²) in [7, 11) is -3.40. The van der Waals surface area contributed by atoms with Crippen LogP contribution in [0.25, 0.3) is 0 Å². The first-order valence-electron chi connectivity index (χ1n) is 7.99. The molecule has 0 saturated heterocycles. The van der Waals surface area contributed by atoms with Crippen LogP contribution in [-0.4, -0.2) is 32.5 Å². The van der Waals surface area contributed by atoms with Gasteiger partial charge < -0.3 is 5.32 Å². The van der Waals surface area contributed by atoms with Crippen molar-refractivity contribution in [3.05, 3.63) is 18.2 Å². The fraction of sp³-hybridized carbons (Fsp3) is 0.529. The van der Waals surface area contributed by atoms with Crippen molar-refractivity contribution in [2.45, 2.75) is 45.1 Å². The van der Waals surface area contributed by atoms with E-state index in [-0.39, 0.29) is 28.5 Å². The number of hydrogen-bond acceptors (Lipinski definition) is 4. The largest absolute Gasteiger partial charge is 0.322 e. The normalized spacial score (nSPS) is 17.9. The third kappa shape index (κ3) is 3.61. The van der Waals surface area contributed by atoms with Gasteiger partial charge in [-0.3, -0.25) is 14.5 Å². The van der Waals surface area contributed by atoms with Crippen molar-refractivity contribution in [3.8, 4) is 0 Å². The minimum absolute atomic E-state index is 0.0659. The van der Waals surface area contributed by atoms with Crippen molar-refractivity contribution >= 4 is 33.0 Å². The van der Waals surface area contributed by atoms with Gasteiger partial charge in [0.15, 0.2) is 9.84 Å². The second kappa shape index (κ2) is 6.55. The van der Waals surface area contributed by atoms with E-state index >= 15 is 0 Å². The van der Waals surface area contributed by atoms with E-state index in [2.05, 4.69) is 5.32 Å². The minimum Gasteiger partial charge on any atom is -0.322 e. The molecule has 0 fully saturated rings. The molecule has 1 aromatic rings. The van der Waals surface area contributed by atoms with Crippen LogP contribution in [0.1, 0.15) is 34.1 Å². The Morgan fingerprint density at radius 1 is 1.25 bits per heavy atom. The Kier molecular flexibility index (Phi) is 5.03. The van der Waals surface area contributed by atoms with E-state index in [1.165, 1.54) is 17.0 Å². The summed E-state index contributed by atoms with van der Waals surface area (Å²) in [5, 5.41) is 2.74. The Morgan fingerprint density at radius 3 is 2.38 bits per heavy atom. The van der Waals surface area contributed by atoms with E-state index in [9.17, 15) is 18.0 Å². The Labute approximate surface area is 143 Å². The van der Waals surface area contributed by atoms with E-state index < -0.39 is 15.9 Å². The maximum absolute atomic E-state index is 12.7. The number of fused-ring (bicyclic) bond motifs is 1. The fourth-order valence-electron chi connectivity index (χ4n) is 2.87. The lowest BCUT2D eigenvalue weighted by Crippen LogP contribution is -2.53. The van der Waals surface area contributed by atoms with Gasteiger partial charge in [-0.1, -0.05) is 27.7 Å². The number of rotatable bonds is 4. The van der Waals surface area contributed by atoms with Gasteiger partial charge >= 0.3 is 0 Å². The zero-order valence-corrected chi connectivity index (χ0v) is 15.5. The van der Waals surface area contributed by atoms with Gasteiger partial charge in [0.25, 0.3) is 0 Å². The number of sulfone groups is 1. The molecule has 0 radical (unpaired) electrons. The standard InChI is InChI=1S/C17H24N2O4S/c1-10(2)8-15(20)19-14-7-6-12(24(5,22)23)9-13(14)18-17(21)16(19)11(3)4/h6-7,9-11,16H,8H2,1-5H3,(H,18,21). The molecule has 1 heterocycles. The summed E-state index contributed by atoms with van der Waals surface area (Å²) >= 11 is 0. The number of amides is 2. The first-order chi connectivity index (χ1) is 11.0. The summed E-state index contributed by atoms with van der Waals surface area (Å²) in [6.07, 6.45) is 1.43. The van der Waals surface area contributed by atoms with Crippen LogP contribution in [0.4, 0.5) is 11.4 Å². The third-order valence-electron chi connectivity index (χ3n) is 3.94. The van der Waals surface area contributed by atoms with Crippen LogP contribution < -0.4 is 10.2 Å². The molecule has 1 atom stereocenters. The molecule has 7 heteroatoms. The van der Waals surface area contributed by atoms with Gasteiger partial charge in [-0.05, 0) is 30.0 Å². The molecule has 1 aromatic carbocycles. The summed E-state index contributed by atoms with van der Waals surface area (Å²) in [6, 6.07) is 3.87. The summed E-state index contributed by atoms with van der Waals surface area (Å²) in [5.41, 5.74) is 0.906. The number of anilines is 2. The van der Waals surface area contributed by atoms with Gasteiger partial charge in [0.2, 0.25) is 11.8 Å². The van der Waals surface area contributed by atoms with Crippen molar-refractivity contribution in [2.24, 2.45) is 11.8 Å². The highest BCUT2D eigenvalue weighted by atomic mass is 32.2. The van der Waals surface area contributed by atoms with Gasteiger partial charge in [0.05, 0.1) is 16.3 Å². The second-order valence-corrected chi connectivity index (χ2v) is 9.01. The van der Waals surface area contributed by atoms with Crippen LogP contribution in [0.2, 0.25) is 0 Å². The van der Waals surface area contributed by atoms with Gasteiger partial charge in [-0.2, -0.15) is 0 Å². The second-order valence-electron chi connectivity index (χ2n) is 6.99. The molecule has 1 aliphatic rings. The van der Waals surface area contributed by atoms with Crippen molar-refractivity contribution < 1.29 is 18.0 Å². The quantitative estimate of drug-likeness (QED) is 0.902. The van der Waals surface area contributed by atoms with E-state index in [0.29, 0.717) is 17.8 Å². The molecule has 2 amide bonds. The SMILES string of the molecule is CC(C)CC(=O)N1c2ccc(S(C)(=O)=O)cc2NC(=O)C1C(C)C. The summed E-state index contributed by atoms with van der Waals surface area (Å²) in [5.74, 6) is -0.329. The van der Waals surface area contributed by atoms with Crippen LogP contribution in [0, 0.1) is 11.8 Å². The molecule has 0 aliphatic carbocycles. The van der Waals surface area contributed by atoms with Gasteiger partial charge in [-0.15, -0.1) is 0 Å². The first-order valence-corrected chi connectivity index (χ1v) is 9.88. The fourth-order valence-corrected chi connectivity index (χ4v) is 3.51. The van der Waals surface area contributed by atoms with Crippen LogP contribution >= 0.6 is 0 Å². The van der Waals surface area contributed by atoms with Crippen LogP contribution in [0.5, 0.6) is 0 Å². The summed E-state index contributed by atoms with van der Waals surface area (Å²) in [4.78, 5) is 26.9. The molecular formula is C17H24N2O4S. The summed E-state index contributed by atoms with van der Waals surface area (Å²) in [6.45, 7) is 7.66. The number of nitrogens with zero attached hydrogens (tertiary/aromatic N) is 1. The molecule has 1 unspecified atom stereocenters. The first kappa shape index (κ1) is 18.4. The van der Waals surface area contributed by atoms with Gasteiger partial charge in [-0.25, -0.2) is 8.42 Å². The molecule has 0 spiro atoms. The molecule has 1 aliphatic heterocycles. The van der Waals surface area contributed by atoms with Crippen LogP contribution in [0.3, 0.4) is 0 Å². The smallest absolute Gasteiger partial charge is 0.247 e. The van der Waals surface area contributed by atoms with E-state index in [0.717, 1.165) is 6.26 Å². The Balaban J connectivity index is 2.57. The number of hydrogen-bond donors (Lipinski definition) is 1. The van der Waals surface area contributed by atoms with E-state index in [1.54, 1.807) is 6.07 Å². The monoisotopic (exact) mass is 352 g/mol. The molecule has 24 heavy (non-hydrogen) atoms. The highest BCUT2D eigenvalue weighted by molar-refractivity contribution is 7.90. The van der Waals surface area contributed by atoms with Crippen molar-refractivity contribution in [2.75, 3.05) is 16.5 Å². The number of carbonyl (C=O) groups excluding carboxylic acids is 2. The van der Waals surface area contributed by atoms with Gasteiger partial charge in [0, 0.05) is 12.7 Å². The Bertz CT molecular complexity index is 769. The lowest BCUT2D eigenvalue weighted by molar-refractivity contribution is -0.125. The van der Waals surface area contributed by atoms with Crippen molar-refractivity contribution in [3.63, 3.8) is 0 Å². The highest BCUT2D eigenvalue weighted by Crippen LogP contribution is 2.36. The van der Waals surface area contributed by atoms with Crippen LogP contribution in [0.15, 0.2) is 23.1 Å². The molecule has 0 bridgehead atoms. The van der Waals surface area contributed by atoms with Crippen molar-refractivity contribution in [1.82, 2.24) is 0 Å². The molecule has 132 valence electrons. The predicted octanol–water partition coefficient (Wildman–Crippen LogP) is 2.45. The lowest BCUT2D eigenvalue weighted by Gasteiger charge is -2.39. The highest BCUT2D eigenvalue weighted by Gasteiger charge is 2.39. The van der Waals surface area contributed by atoms with Gasteiger partial charge in [0.1, 0.15) is 6.04 Å². The molecule has 6 nitrogen and oxygen atoms in total. The predicted molar refractivity (Wildman–Crippen MR) is 93.7 cm³/mol. The number of nitrogens with one attached hydrogen (secondary N) is 1. The zero-order valence-electron chi connectivity index (χ0n) is 14.7. The molecule has 2 rings (SSSR count). The van der Waals surface area contributed by atoms with E-state index in [4.69, 9.17) is 0 Å². The Morgan fingerprint density at radius 2 is 1.88 bits per heavy atom. The zero-order chi connectivity index (χ0) is 18.2. The molecule has 0 aromatic heterocycles. The third-order valence-corrected chi connectivity index (χ3v) is 5.05. The molecule has 0 saturated carbocycles. The van der Waals surface area contributed by atoms with E-state index in [1.807, 2.05) is 27.7 Å². The number of carbonyl (C=O) groups is 2. The molecular weight excluding hydrogens is 328 g/mol. The average molecular weight is 352 g/mol. The minimum atomic E-state index is -3.40. The number of benzene rings is 1. The van der Waals surface area contributed by atoms with Crippen LogP contribution in [-0.2, 0) is 19.4 Å². The lowest BCUT2D eigenvalue weighted by atomic mass is 9.96. The topological polar surface area (TPSA) is 83.6 Å². The maximum atomic E-state index is 12.7. The maximum Gasteiger partial charge on any atom is 0.247 e.